The first kappa shape index (κ1) is 21.7. The molecule has 0 atom stereocenters. The summed E-state index contributed by atoms with van der Waals surface area (Å²) in [4.78, 5) is 28.2. The van der Waals surface area contributed by atoms with E-state index in [9.17, 15) is 9.59 Å². The second-order valence-corrected chi connectivity index (χ2v) is 8.01. The van der Waals surface area contributed by atoms with Crippen LogP contribution in [0.2, 0.25) is 5.02 Å². The summed E-state index contributed by atoms with van der Waals surface area (Å²) >= 11 is 6.00. The SMILES string of the molecule is CCOc1ccc(NC2=C(c3ccc(C)cc3C)C(=O)N(c3ccc(Cl)cc3)C2=O)cc1. The van der Waals surface area contributed by atoms with E-state index in [1.165, 1.54) is 4.90 Å². The molecule has 0 saturated carbocycles. The van der Waals surface area contributed by atoms with Gasteiger partial charge < -0.3 is 10.1 Å². The fraction of sp³-hybridized carbons (Fsp3) is 0.154. The molecule has 1 aliphatic heterocycles. The Morgan fingerprint density at radius 3 is 2.22 bits per heavy atom. The number of amides is 2. The average molecular weight is 447 g/mol. The normalized spacial score (nSPS) is 13.7. The highest BCUT2D eigenvalue weighted by Crippen LogP contribution is 2.35. The molecule has 1 heterocycles. The largest absolute Gasteiger partial charge is 0.494 e. The van der Waals surface area contributed by atoms with E-state index in [4.69, 9.17) is 16.3 Å². The van der Waals surface area contributed by atoms with Crippen LogP contribution in [0.15, 0.2) is 72.4 Å². The Balaban J connectivity index is 1.79. The number of anilines is 2. The minimum atomic E-state index is -0.416. The smallest absolute Gasteiger partial charge is 0.282 e. The van der Waals surface area contributed by atoms with Gasteiger partial charge in [-0.1, -0.05) is 35.4 Å². The van der Waals surface area contributed by atoms with Gasteiger partial charge in [-0.25, -0.2) is 4.90 Å². The number of benzene rings is 3. The highest BCUT2D eigenvalue weighted by atomic mass is 35.5. The third-order valence-corrected chi connectivity index (χ3v) is 5.51. The van der Waals surface area contributed by atoms with Gasteiger partial charge in [0.2, 0.25) is 0 Å². The van der Waals surface area contributed by atoms with Crippen LogP contribution in [0.4, 0.5) is 11.4 Å². The fourth-order valence-corrected chi connectivity index (χ4v) is 3.89. The zero-order valence-corrected chi connectivity index (χ0v) is 18.9. The van der Waals surface area contributed by atoms with E-state index in [2.05, 4.69) is 5.32 Å². The average Bonchev–Trinajstić information content (AvgIpc) is 3.00. The Kier molecular flexibility index (Phi) is 6.01. The van der Waals surface area contributed by atoms with Crippen LogP contribution in [-0.4, -0.2) is 18.4 Å². The van der Waals surface area contributed by atoms with Crippen molar-refractivity contribution in [3.05, 3.63) is 94.1 Å². The van der Waals surface area contributed by atoms with Crippen molar-refractivity contribution < 1.29 is 14.3 Å². The van der Waals surface area contributed by atoms with Crippen LogP contribution in [0.3, 0.4) is 0 Å². The van der Waals surface area contributed by atoms with E-state index in [1.54, 1.807) is 24.3 Å². The van der Waals surface area contributed by atoms with Gasteiger partial charge in [0.25, 0.3) is 11.8 Å². The first-order valence-corrected chi connectivity index (χ1v) is 10.7. The maximum atomic E-state index is 13.5. The summed E-state index contributed by atoms with van der Waals surface area (Å²) in [6, 6.07) is 19.7. The summed E-state index contributed by atoms with van der Waals surface area (Å²) < 4.78 is 5.49. The Morgan fingerprint density at radius 2 is 1.59 bits per heavy atom. The van der Waals surface area contributed by atoms with Gasteiger partial charge in [0.05, 0.1) is 17.9 Å². The van der Waals surface area contributed by atoms with Gasteiger partial charge in [0.1, 0.15) is 11.4 Å². The molecule has 0 bridgehead atoms. The molecule has 1 N–H and O–H groups in total. The molecular formula is C26H23ClN2O3. The quantitative estimate of drug-likeness (QED) is 0.489. The number of hydrogen-bond acceptors (Lipinski definition) is 4. The highest BCUT2D eigenvalue weighted by molar-refractivity contribution is 6.46. The summed E-state index contributed by atoms with van der Waals surface area (Å²) in [5, 5.41) is 3.71. The zero-order chi connectivity index (χ0) is 22.8. The maximum Gasteiger partial charge on any atom is 0.282 e. The van der Waals surface area contributed by atoms with E-state index >= 15 is 0 Å². The summed E-state index contributed by atoms with van der Waals surface area (Å²) in [5.41, 5.74) is 4.46. The first-order chi connectivity index (χ1) is 15.4. The number of carbonyl (C=O) groups is 2. The molecule has 6 heteroatoms. The number of nitrogens with zero attached hydrogens (tertiary/aromatic N) is 1. The van der Waals surface area contributed by atoms with Crippen molar-refractivity contribution in [2.45, 2.75) is 20.8 Å². The number of halogens is 1. The number of carbonyl (C=O) groups excluding carboxylic acids is 2. The maximum absolute atomic E-state index is 13.5. The second-order valence-electron chi connectivity index (χ2n) is 7.57. The first-order valence-electron chi connectivity index (χ1n) is 10.3. The minimum Gasteiger partial charge on any atom is -0.494 e. The number of rotatable bonds is 6. The van der Waals surface area contributed by atoms with Crippen molar-refractivity contribution in [2.75, 3.05) is 16.8 Å². The Bertz CT molecular complexity index is 1210. The van der Waals surface area contributed by atoms with Crippen LogP contribution in [0.25, 0.3) is 5.57 Å². The lowest BCUT2D eigenvalue weighted by Gasteiger charge is -2.15. The zero-order valence-electron chi connectivity index (χ0n) is 18.1. The Hall–Kier alpha value is -3.57. The highest BCUT2D eigenvalue weighted by Gasteiger charge is 2.40. The Labute approximate surface area is 192 Å². The predicted octanol–water partition coefficient (Wildman–Crippen LogP) is 5.75. The molecule has 0 aromatic heterocycles. The molecule has 32 heavy (non-hydrogen) atoms. The molecule has 0 aliphatic carbocycles. The van der Waals surface area contributed by atoms with E-state index in [1.807, 2.05) is 63.2 Å². The molecule has 2 amide bonds. The minimum absolute atomic E-state index is 0.237. The molecule has 5 nitrogen and oxygen atoms in total. The summed E-state index contributed by atoms with van der Waals surface area (Å²) in [6.07, 6.45) is 0. The number of ether oxygens (including phenoxy) is 1. The standard InChI is InChI=1S/C26H23ClN2O3/c1-4-32-21-12-8-19(9-13-21)28-24-23(22-14-5-16(2)15-17(22)3)25(30)29(26(24)31)20-10-6-18(27)7-11-20/h5-15,28H,4H2,1-3H3. The monoisotopic (exact) mass is 446 g/mol. The van der Waals surface area contributed by atoms with E-state index in [-0.39, 0.29) is 11.6 Å². The van der Waals surface area contributed by atoms with Gasteiger partial charge in [0, 0.05) is 10.7 Å². The molecule has 0 spiro atoms. The van der Waals surface area contributed by atoms with Crippen molar-refractivity contribution in [2.24, 2.45) is 0 Å². The molecule has 0 unspecified atom stereocenters. The van der Waals surface area contributed by atoms with E-state index < -0.39 is 5.91 Å². The third-order valence-electron chi connectivity index (χ3n) is 5.25. The molecule has 0 saturated heterocycles. The molecule has 1 aliphatic rings. The van der Waals surface area contributed by atoms with Crippen LogP contribution in [0.1, 0.15) is 23.6 Å². The number of hydrogen-bond donors (Lipinski definition) is 1. The van der Waals surface area contributed by atoms with Crippen LogP contribution in [-0.2, 0) is 9.59 Å². The van der Waals surface area contributed by atoms with Gasteiger partial charge in [-0.15, -0.1) is 0 Å². The molecule has 4 rings (SSSR count). The number of imide groups is 1. The van der Waals surface area contributed by atoms with Crippen molar-refractivity contribution in [3.63, 3.8) is 0 Å². The molecule has 0 fully saturated rings. The van der Waals surface area contributed by atoms with Crippen molar-refractivity contribution in [1.29, 1.82) is 0 Å². The van der Waals surface area contributed by atoms with Crippen molar-refractivity contribution >= 4 is 40.4 Å². The van der Waals surface area contributed by atoms with Gasteiger partial charge >= 0.3 is 0 Å². The lowest BCUT2D eigenvalue weighted by Crippen LogP contribution is -2.32. The lowest BCUT2D eigenvalue weighted by atomic mass is 9.97. The van der Waals surface area contributed by atoms with Gasteiger partial charge in [0.15, 0.2) is 0 Å². The Morgan fingerprint density at radius 1 is 0.906 bits per heavy atom. The molecule has 0 radical (unpaired) electrons. The summed E-state index contributed by atoms with van der Waals surface area (Å²) in [5.74, 6) is -0.0582. The topological polar surface area (TPSA) is 58.6 Å². The van der Waals surface area contributed by atoms with Crippen LogP contribution < -0.4 is 15.0 Å². The van der Waals surface area contributed by atoms with Crippen LogP contribution in [0.5, 0.6) is 5.75 Å². The van der Waals surface area contributed by atoms with Crippen molar-refractivity contribution in [1.82, 2.24) is 0 Å². The number of aryl methyl sites for hydroxylation is 2. The molecule has 3 aromatic carbocycles. The molecule has 3 aromatic rings. The number of nitrogens with one attached hydrogen (secondary N) is 1. The van der Waals surface area contributed by atoms with Crippen LogP contribution >= 0.6 is 11.6 Å². The van der Waals surface area contributed by atoms with Gasteiger partial charge in [-0.2, -0.15) is 0 Å². The molecular weight excluding hydrogens is 424 g/mol. The summed E-state index contributed by atoms with van der Waals surface area (Å²) in [7, 11) is 0. The predicted molar refractivity (Wildman–Crippen MR) is 128 cm³/mol. The van der Waals surface area contributed by atoms with E-state index in [0.717, 1.165) is 22.4 Å². The third kappa shape index (κ3) is 4.12. The van der Waals surface area contributed by atoms with Gasteiger partial charge in [-0.05, 0) is 80.4 Å². The van der Waals surface area contributed by atoms with E-state index in [0.29, 0.717) is 28.6 Å². The fourth-order valence-electron chi connectivity index (χ4n) is 3.76. The lowest BCUT2D eigenvalue weighted by molar-refractivity contribution is -0.120. The summed E-state index contributed by atoms with van der Waals surface area (Å²) in [6.45, 7) is 6.41. The molecule has 162 valence electrons. The second kappa shape index (κ2) is 8.89. The van der Waals surface area contributed by atoms with Crippen LogP contribution in [0, 0.1) is 13.8 Å². The van der Waals surface area contributed by atoms with Gasteiger partial charge in [-0.3, -0.25) is 9.59 Å². The van der Waals surface area contributed by atoms with Crippen molar-refractivity contribution in [3.8, 4) is 5.75 Å².